The number of ether oxygens (including phenoxy) is 1. The average molecular weight is 264 g/mol. The first-order valence-corrected chi connectivity index (χ1v) is 6.01. The number of rotatable bonds is 3. The van der Waals surface area contributed by atoms with E-state index in [1.165, 1.54) is 14.0 Å². The van der Waals surface area contributed by atoms with Gasteiger partial charge in [0, 0.05) is 18.0 Å². The van der Waals surface area contributed by atoms with E-state index in [4.69, 9.17) is 4.74 Å². The molecule has 0 aromatic heterocycles. The Morgan fingerprint density at radius 3 is 2.26 bits per heavy atom. The van der Waals surface area contributed by atoms with Gasteiger partial charge < -0.3 is 15.4 Å². The topological polar surface area (TPSA) is 67.4 Å². The van der Waals surface area contributed by atoms with Gasteiger partial charge >= 0.3 is 0 Å². The van der Waals surface area contributed by atoms with Crippen LogP contribution < -0.4 is 15.4 Å². The van der Waals surface area contributed by atoms with Gasteiger partial charge in [0.25, 0.3) is 0 Å². The fourth-order valence-corrected chi connectivity index (χ4v) is 1.39. The molecule has 19 heavy (non-hydrogen) atoms. The number of carbonyl (C=O) groups excluding carboxylic acids is 2. The summed E-state index contributed by atoms with van der Waals surface area (Å²) in [5.74, 6) is 0.257. The van der Waals surface area contributed by atoms with Gasteiger partial charge in [0.05, 0.1) is 12.8 Å². The fraction of sp³-hybridized carbons (Fsp3) is 0.429. The summed E-state index contributed by atoms with van der Waals surface area (Å²) in [5.41, 5.74) is 0.667. The highest BCUT2D eigenvalue weighted by Gasteiger charge is 2.21. The maximum atomic E-state index is 11.9. The Bertz CT molecular complexity index is 490. The normalized spacial score (nSPS) is 10.8. The molecule has 0 unspecified atom stereocenters. The lowest BCUT2D eigenvalue weighted by Gasteiger charge is -2.18. The molecule has 0 bridgehead atoms. The van der Waals surface area contributed by atoms with E-state index in [0.717, 1.165) is 0 Å². The number of hydrogen-bond donors (Lipinski definition) is 2. The number of nitrogens with one attached hydrogen (secondary N) is 2. The third-order valence-electron chi connectivity index (χ3n) is 2.45. The molecule has 1 rings (SSSR count). The van der Waals surface area contributed by atoms with Crippen LogP contribution in [0.2, 0.25) is 0 Å². The van der Waals surface area contributed by atoms with Crippen molar-refractivity contribution in [2.75, 3.05) is 17.7 Å². The minimum absolute atomic E-state index is 0.0913. The van der Waals surface area contributed by atoms with Crippen molar-refractivity contribution in [2.24, 2.45) is 5.41 Å². The van der Waals surface area contributed by atoms with Crippen LogP contribution in [0, 0.1) is 5.41 Å². The second-order valence-corrected chi connectivity index (χ2v) is 5.30. The molecule has 1 aromatic carbocycles. The van der Waals surface area contributed by atoms with Crippen molar-refractivity contribution in [2.45, 2.75) is 27.7 Å². The van der Waals surface area contributed by atoms with E-state index in [-0.39, 0.29) is 11.8 Å². The van der Waals surface area contributed by atoms with Gasteiger partial charge in [-0.05, 0) is 18.2 Å². The van der Waals surface area contributed by atoms with E-state index < -0.39 is 5.41 Å². The molecule has 0 aliphatic rings. The number of carbonyl (C=O) groups is 2. The van der Waals surface area contributed by atoms with Crippen molar-refractivity contribution in [3.63, 3.8) is 0 Å². The van der Waals surface area contributed by atoms with Crippen molar-refractivity contribution >= 4 is 23.2 Å². The maximum Gasteiger partial charge on any atom is 0.229 e. The standard InChI is InChI=1S/C14H20N2O3/c1-9(17)15-11-8-10(6-7-12(11)19-5)16-13(18)14(2,3)4/h6-8H,1-5H3,(H,15,17)(H,16,18). The molecule has 2 N–H and O–H groups in total. The van der Waals surface area contributed by atoms with Crippen LogP contribution in [0.5, 0.6) is 5.75 Å². The third kappa shape index (κ3) is 4.28. The summed E-state index contributed by atoms with van der Waals surface area (Å²) < 4.78 is 5.15. The Kier molecular flexibility index (Phi) is 4.53. The van der Waals surface area contributed by atoms with Crippen LogP contribution in [0.15, 0.2) is 18.2 Å². The quantitative estimate of drug-likeness (QED) is 0.882. The van der Waals surface area contributed by atoms with E-state index in [0.29, 0.717) is 17.1 Å². The Morgan fingerprint density at radius 2 is 1.79 bits per heavy atom. The largest absolute Gasteiger partial charge is 0.495 e. The maximum absolute atomic E-state index is 11.9. The zero-order valence-electron chi connectivity index (χ0n) is 12.0. The molecule has 104 valence electrons. The van der Waals surface area contributed by atoms with Gasteiger partial charge in [0.2, 0.25) is 11.8 Å². The lowest BCUT2D eigenvalue weighted by molar-refractivity contribution is -0.123. The van der Waals surface area contributed by atoms with Crippen LogP contribution in [-0.4, -0.2) is 18.9 Å². The zero-order valence-corrected chi connectivity index (χ0v) is 12.0. The molecule has 0 aliphatic heterocycles. The first kappa shape index (κ1) is 15.0. The molecule has 0 saturated heterocycles. The molecule has 5 heteroatoms. The summed E-state index contributed by atoms with van der Waals surface area (Å²) >= 11 is 0. The molecule has 0 spiro atoms. The SMILES string of the molecule is COc1ccc(NC(=O)C(C)(C)C)cc1NC(C)=O. The monoisotopic (exact) mass is 264 g/mol. The van der Waals surface area contributed by atoms with Crippen LogP contribution in [-0.2, 0) is 9.59 Å². The number of amides is 2. The van der Waals surface area contributed by atoms with Crippen LogP contribution in [0.1, 0.15) is 27.7 Å². The lowest BCUT2D eigenvalue weighted by Crippen LogP contribution is -2.27. The molecule has 0 radical (unpaired) electrons. The Balaban J connectivity index is 2.98. The second kappa shape index (κ2) is 5.73. The van der Waals surface area contributed by atoms with Gasteiger partial charge in [-0.2, -0.15) is 0 Å². The lowest BCUT2D eigenvalue weighted by atomic mass is 9.95. The number of benzene rings is 1. The van der Waals surface area contributed by atoms with Gasteiger partial charge in [-0.1, -0.05) is 20.8 Å². The Morgan fingerprint density at radius 1 is 1.16 bits per heavy atom. The smallest absolute Gasteiger partial charge is 0.229 e. The van der Waals surface area contributed by atoms with E-state index >= 15 is 0 Å². The predicted octanol–water partition coefficient (Wildman–Crippen LogP) is 2.64. The first-order valence-electron chi connectivity index (χ1n) is 6.01. The van der Waals surface area contributed by atoms with Crippen molar-refractivity contribution in [3.05, 3.63) is 18.2 Å². The van der Waals surface area contributed by atoms with Gasteiger partial charge in [-0.25, -0.2) is 0 Å². The van der Waals surface area contributed by atoms with Gasteiger partial charge in [-0.15, -0.1) is 0 Å². The van der Waals surface area contributed by atoms with Crippen molar-refractivity contribution in [3.8, 4) is 5.75 Å². The van der Waals surface area contributed by atoms with Gasteiger partial charge in [0.15, 0.2) is 0 Å². The number of methoxy groups -OCH3 is 1. The predicted molar refractivity (Wildman–Crippen MR) is 75.4 cm³/mol. The average Bonchev–Trinajstić information content (AvgIpc) is 2.27. The molecule has 5 nitrogen and oxygen atoms in total. The molecule has 2 amide bonds. The summed E-state index contributed by atoms with van der Waals surface area (Å²) in [5, 5.41) is 5.46. The zero-order chi connectivity index (χ0) is 14.6. The Hall–Kier alpha value is -2.04. The second-order valence-electron chi connectivity index (χ2n) is 5.30. The van der Waals surface area contributed by atoms with E-state index in [9.17, 15) is 9.59 Å². The van der Waals surface area contributed by atoms with Crippen LogP contribution in [0.25, 0.3) is 0 Å². The van der Waals surface area contributed by atoms with Crippen LogP contribution in [0.3, 0.4) is 0 Å². The molecule has 0 heterocycles. The van der Waals surface area contributed by atoms with Gasteiger partial charge in [-0.3, -0.25) is 9.59 Å². The molecule has 1 aromatic rings. The van der Waals surface area contributed by atoms with Crippen molar-refractivity contribution in [1.29, 1.82) is 0 Å². The van der Waals surface area contributed by atoms with Gasteiger partial charge in [0.1, 0.15) is 5.75 Å². The highest BCUT2D eigenvalue weighted by Crippen LogP contribution is 2.28. The highest BCUT2D eigenvalue weighted by atomic mass is 16.5. The van der Waals surface area contributed by atoms with Crippen molar-refractivity contribution in [1.82, 2.24) is 0 Å². The summed E-state index contributed by atoms with van der Waals surface area (Å²) in [7, 11) is 1.52. The minimum atomic E-state index is -0.478. The minimum Gasteiger partial charge on any atom is -0.495 e. The van der Waals surface area contributed by atoms with E-state index in [2.05, 4.69) is 10.6 Å². The summed E-state index contributed by atoms with van der Waals surface area (Å²) in [6, 6.07) is 5.10. The molecular weight excluding hydrogens is 244 g/mol. The Labute approximate surface area is 113 Å². The van der Waals surface area contributed by atoms with E-state index in [1.54, 1.807) is 18.2 Å². The molecule has 0 atom stereocenters. The first-order chi connectivity index (χ1) is 8.74. The summed E-state index contributed by atoms with van der Waals surface area (Å²) in [6.45, 7) is 6.92. The summed E-state index contributed by atoms with van der Waals surface area (Å²) in [4.78, 5) is 23.0. The molecular formula is C14H20N2O3. The van der Waals surface area contributed by atoms with E-state index in [1.807, 2.05) is 20.8 Å². The number of hydrogen-bond acceptors (Lipinski definition) is 3. The highest BCUT2D eigenvalue weighted by molar-refractivity contribution is 5.96. The summed E-state index contributed by atoms with van der Waals surface area (Å²) in [6.07, 6.45) is 0. The number of anilines is 2. The van der Waals surface area contributed by atoms with Crippen LogP contribution in [0.4, 0.5) is 11.4 Å². The van der Waals surface area contributed by atoms with Crippen molar-refractivity contribution < 1.29 is 14.3 Å². The third-order valence-corrected chi connectivity index (χ3v) is 2.45. The fourth-order valence-electron chi connectivity index (χ4n) is 1.39. The van der Waals surface area contributed by atoms with Crippen LogP contribution >= 0.6 is 0 Å². The molecule has 0 saturated carbocycles. The molecule has 0 aliphatic carbocycles. The molecule has 0 fully saturated rings.